The smallest absolute Gasteiger partial charge is 0.0484 e. The second kappa shape index (κ2) is 7.58. The minimum atomic E-state index is 0.784. The number of hydrogen-bond donors (Lipinski definition) is 0. The summed E-state index contributed by atoms with van der Waals surface area (Å²) in [4.78, 5) is 0. The molecule has 0 radical (unpaired) electrons. The second-order valence-corrected chi connectivity index (χ2v) is 7.58. The van der Waals surface area contributed by atoms with Gasteiger partial charge in [0.2, 0.25) is 0 Å². The van der Waals surface area contributed by atoms with Crippen molar-refractivity contribution in [3.63, 3.8) is 0 Å². The molecule has 0 heterocycles. The van der Waals surface area contributed by atoms with Gasteiger partial charge in [-0.05, 0) is 63.0 Å². The Labute approximate surface area is 176 Å². The zero-order valence-electron chi connectivity index (χ0n) is 15.8. The van der Waals surface area contributed by atoms with Crippen LogP contribution in [0.1, 0.15) is 0 Å². The second-order valence-electron chi connectivity index (χ2n) is 7.17. The third-order valence-electron chi connectivity index (χ3n) is 5.33. The van der Waals surface area contributed by atoms with Crippen LogP contribution < -0.4 is 0 Å². The first-order valence-corrected chi connectivity index (χ1v) is 10.1. The van der Waals surface area contributed by atoms with Crippen LogP contribution in [0.3, 0.4) is 0 Å². The Bertz CT molecular complexity index is 1230. The number of fused-ring (bicyclic) bond motifs is 1. The van der Waals surface area contributed by atoms with Crippen molar-refractivity contribution in [3.05, 3.63) is 120 Å². The van der Waals surface area contributed by atoms with Crippen LogP contribution in [0.2, 0.25) is 5.02 Å². The summed E-state index contributed by atoms with van der Waals surface area (Å²) in [6.07, 6.45) is 0. The van der Waals surface area contributed by atoms with Gasteiger partial charge in [-0.25, -0.2) is 0 Å². The van der Waals surface area contributed by atoms with Crippen molar-refractivity contribution >= 4 is 22.4 Å². The first-order chi connectivity index (χ1) is 14.3. The standard InChI is InChI=1S/C28H19Cl/c29-28-16-15-25(26-13-7-8-14-27(26)28)24-18-22(20-9-3-1-4-10-20)17-23(19-24)21-11-5-2-6-12-21/h1-19H. The maximum atomic E-state index is 6.47. The molecule has 0 bridgehead atoms. The molecule has 0 unspecified atom stereocenters. The van der Waals surface area contributed by atoms with E-state index >= 15 is 0 Å². The summed E-state index contributed by atoms with van der Waals surface area (Å²) in [5, 5.41) is 3.04. The molecule has 0 atom stereocenters. The van der Waals surface area contributed by atoms with Crippen molar-refractivity contribution in [2.45, 2.75) is 0 Å². The van der Waals surface area contributed by atoms with E-state index in [4.69, 9.17) is 11.6 Å². The van der Waals surface area contributed by atoms with E-state index in [1.807, 2.05) is 12.1 Å². The Morgan fingerprint density at radius 1 is 0.379 bits per heavy atom. The lowest BCUT2D eigenvalue weighted by Gasteiger charge is -2.13. The van der Waals surface area contributed by atoms with Gasteiger partial charge in [-0.2, -0.15) is 0 Å². The van der Waals surface area contributed by atoms with E-state index in [0.29, 0.717) is 0 Å². The first-order valence-electron chi connectivity index (χ1n) is 9.73. The highest BCUT2D eigenvalue weighted by Crippen LogP contribution is 2.37. The summed E-state index contributed by atoms with van der Waals surface area (Å²) in [5.74, 6) is 0. The van der Waals surface area contributed by atoms with Gasteiger partial charge in [0.25, 0.3) is 0 Å². The molecule has 0 N–H and O–H groups in total. The zero-order chi connectivity index (χ0) is 19.6. The Hall–Kier alpha value is -3.35. The average Bonchev–Trinajstić information content (AvgIpc) is 2.80. The van der Waals surface area contributed by atoms with E-state index in [-0.39, 0.29) is 0 Å². The van der Waals surface area contributed by atoms with Crippen LogP contribution >= 0.6 is 11.6 Å². The van der Waals surface area contributed by atoms with Gasteiger partial charge >= 0.3 is 0 Å². The Morgan fingerprint density at radius 2 is 0.862 bits per heavy atom. The van der Waals surface area contributed by atoms with Gasteiger partial charge in [-0.15, -0.1) is 0 Å². The highest BCUT2D eigenvalue weighted by molar-refractivity contribution is 6.36. The van der Waals surface area contributed by atoms with E-state index in [1.165, 1.54) is 38.8 Å². The Kier molecular flexibility index (Phi) is 4.63. The number of hydrogen-bond acceptors (Lipinski definition) is 0. The molecule has 0 fully saturated rings. The fraction of sp³-hybridized carbons (Fsp3) is 0. The Morgan fingerprint density at radius 3 is 1.45 bits per heavy atom. The molecule has 0 spiro atoms. The SMILES string of the molecule is Clc1ccc(-c2cc(-c3ccccc3)cc(-c3ccccc3)c2)c2ccccc12. The minimum Gasteiger partial charge on any atom is -0.0837 e. The van der Waals surface area contributed by atoms with Crippen molar-refractivity contribution in [2.75, 3.05) is 0 Å². The van der Waals surface area contributed by atoms with Crippen LogP contribution in [0.4, 0.5) is 0 Å². The summed E-state index contributed by atoms with van der Waals surface area (Å²) in [6, 6.07) is 40.4. The molecule has 0 aliphatic rings. The van der Waals surface area contributed by atoms with Crippen molar-refractivity contribution in [3.8, 4) is 33.4 Å². The normalized spacial score (nSPS) is 10.9. The third kappa shape index (κ3) is 3.44. The molecule has 1 heteroatoms. The van der Waals surface area contributed by atoms with Gasteiger partial charge in [-0.1, -0.05) is 103 Å². The van der Waals surface area contributed by atoms with E-state index in [9.17, 15) is 0 Å². The van der Waals surface area contributed by atoms with Crippen LogP contribution in [0.5, 0.6) is 0 Å². The summed E-state index contributed by atoms with van der Waals surface area (Å²) in [6.45, 7) is 0. The predicted molar refractivity (Wildman–Crippen MR) is 125 cm³/mol. The number of halogens is 1. The van der Waals surface area contributed by atoms with Crippen molar-refractivity contribution < 1.29 is 0 Å². The van der Waals surface area contributed by atoms with Crippen LogP contribution in [-0.4, -0.2) is 0 Å². The molecule has 29 heavy (non-hydrogen) atoms. The molecule has 0 saturated heterocycles. The molecule has 5 rings (SSSR count). The van der Waals surface area contributed by atoms with Crippen LogP contribution in [0.25, 0.3) is 44.2 Å². The molecule has 0 aliphatic heterocycles. The van der Waals surface area contributed by atoms with Crippen molar-refractivity contribution in [2.24, 2.45) is 0 Å². The molecule has 0 nitrogen and oxygen atoms in total. The molecular formula is C28H19Cl. The molecule has 0 aliphatic carbocycles. The van der Waals surface area contributed by atoms with Crippen molar-refractivity contribution in [1.82, 2.24) is 0 Å². The summed E-state index contributed by atoms with van der Waals surface area (Å²) in [7, 11) is 0. The van der Waals surface area contributed by atoms with E-state index in [1.54, 1.807) is 0 Å². The monoisotopic (exact) mass is 390 g/mol. The largest absolute Gasteiger partial charge is 0.0837 e. The molecule has 5 aromatic rings. The van der Waals surface area contributed by atoms with Gasteiger partial charge in [0, 0.05) is 10.4 Å². The average molecular weight is 391 g/mol. The Balaban J connectivity index is 1.79. The maximum absolute atomic E-state index is 6.47. The number of rotatable bonds is 3. The summed E-state index contributed by atoms with van der Waals surface area (Å²) in [5.41, 5.74) is 7.23. The predicted octanol–water partition coefficient (Wildman–Crippen LogP) is 8.49. The zero-order valence-corrected chi connectivity index (χ0v) is 16.6. The van der Waals surface area contributed by atoms with Gasteiger partial charge < -0.3 is 0 Å². The quantitative estimate of drug-likeness (QED) is 0.289. The summed E-state index contributed by atoms with van der Waals surface area (Å²) >= 11 is 6.47. The fourth-order valence-corrected chi connectivity index (χ4v) is 4.12. The van der Waals surface area contributed by atoms with Gasteiger partial charge in [-0.3, -0.25) is 0 Å². The van der Waals surface area contributed by atoms with Crippen LogP contribution in [0.15, 0.2) is 115 Å². The van der Waals surface area contributed by atoms with Gasteiger partial charge in [0.05, 0.1) is 0 Å². The fourth-order valence-electron chi connectivity index (χ4n) is 3.89. The molecule has 0 aromatic heterocycles. The van der Waals surface area contributed by atoms with Gasteiger partial charge in [0.1, 0.15) is 0 Å². The topological polar surface area (TPSA) is 0 Å². The van der Waals surface area contributed by atoms with E-state index in [2.05, 4.69) is 103 Å². The van der Waals surface area contributed by atoms with Crippen LogP contribution in [-0.2, 0) is 0 Å². The highest BCUT2D eigenvalue weighted by atomic mass is 35.5. The molecule has 138 valence electrons. The minimum absolute atomic E-state index is 0.784. The molecule has 5 aromatic carbocycles. The molecule has 0 amide bonds. The molecular weight excluding hydrogens is 372 g/mol. The highest BCUT2D eigenvalue weighted by Gasteiger charge is 2.11. The lowest BCUT2D eigenvalue weighted by molar-refractivity contribution is 1.57. The third-order valence-corrected chi connectivity index (χ3v) is 5.66. The lowest BCUT2D eigenvalue weighted by atomic mass is 9.91. The van der Waals surface area contributed by atoms with Gasteiger partial charge in [0.15, 0.2) is 0 Å². The van der Waals surface area contributed by atoms with Crippen molar-refractivity contribution in [1.29, 1.82) is 0 Å². The lowest BCUT2D eigenvalue weighted by Crippen LogP contribution is -1.87. The molecule has 0 saturated carbocycles. The summed E-state index contributed by atoms with van der Waals surface area (Å²) < 4.78 is 0. The first kappa shape index (κ1) is 17.7. The maximum Gasteiger partial charge on any atom is 0.0484 e. The van der Waals surface area contributed by atoms with E-state index in [0.717, 1.165) is 10.4 Å². The van der Waals surface area contributed by atoms with Crippen LogP contribution in [0, 0.1) is 0 Å². The van der Waals surface area contributed by atoms with E-state index < -0.39 is 0 Å². The number of benzene rings is 5.